The molecule has 18 heavy (non-hydrogen) atoms. The molecule has 86 valence electrons. The van der Waals surface area contributed by atoms with Crippen LogP contribution < -0.4 is 4.74 Å². The van der Waals surface area contributed by atoms with Gasteiger partial charge in [0.25, 0.3) is 5.19 Å². The second-order valence-electron chi connectivity index (χ2n) is 3.69. The van der Waals surface area contributed by atoms with Gasteiger partial charge in [0.1, 0.15) is 5.75 Å². The van der Waals surface area contributed by atoms with Gasteiger partial charge in [-0.15, -0.1) is 0 Å². The third-order valence-electron chi connectivity index (χ3n) is 2.46. The summed E-state index contributed by atoms with van der Waals surface area (Å²) in [6.45, 7) is 0. The van der Waals surface area contributed by atoms with Crippen LogP contribution in [0.4, 0.5) is 0 Å². The van der Waals surface area contributed by atoms with Gasteiger partial charge in [-0.3, -0.25) is 0 Å². The normalized spacial score (nSPS) is 10.2. The minimum Gasteiger partial charge on any atom is -0.431 e. The first-order valence-corrected chi connectivity index (χ1v) is 6.20. The van der Waals surface area contributed by atoms with Crippen LogP contribution in [0.15, 0.2) is 48.5 Å². The SMILES string of the molecule is N#Cc1ccc(Oc2nc3ccccc3s2)cc1. The average molecular weight is 252 g/mol. The summed E-state index contributed by atoms with van der Waals surface area (Å²) in [5, 5.41) is 9.32. The topological polar surface area (TPSA) is 45.9 Å². The Morgan fingerprint density at radius 2 is 1.83 bits per heavy atom. The molecule has 0 fully saturated rings. The van der Waals surface area contributed by atoms with Crippen LogP contribution in [0, 0.1) is 11.3 Å². The highest BCUT2D eigenvalue weighted by Gasteiger charge is 2.05. The van der Waals surface area contributed by atoms with Gasteiger partial charge in [0.2, 0.25) is 0 Å². The highest BCUT2D eigenvalue weighted by atomic mass is 32.1. The molecule has 0 aliphatic carbocycles. The van der Waals surface area contributed by atoms with Crippen LogP contribution in [0.5, 0.6) is 10.9 Å². The average Bonchev–Trinajstić information content (AvgIpc) is 2.82. The number of nitrogens with zero attached hydrogens (tertiary/aromatic N) is 2. The van der Waals surface area contributed by atoms with Crippen molar-refractivity contribution >= 4 is 21.6 Å². The summed E-state index contributed by atoms with van der Waals surface area (Å²) in [5.74, 6) is 0.688. The number of para-hydroxylation sites is 1. The van der Waals surface area contributed by atoms with E-state index >= 15 is 0 Å². The Morgan fingerprint density at radius 3 is 2.56 bits per heavy atom. The number of benzene rings is 2. The van der Waals surface area contributed by atoms with Crippen LogP contribution in [0.3, 0.4) is 0 Å². The van der Waals surface area contributed by atoms with Gasteiger partial charge in [-0.25, -0.2) is 4.98 Å². The maximum absolute atomic E-state index is 8.71. The van der Waals surface area contributed by atoms with E-state index in [9.17, 15) is 0 Å². The monoisotopic (exact) mass is 252 g/mol. The van der Waals surface area contributed by atoms with Crippen molar-refractivity contribution in [3.05, 3.63) is 54.1 Å². The van der Waals surface area contributed by atoms with Crippen molar-refractivity contribution in [1.29, 1.82) is 5.26 Å². The van der Waals surface area contributed by atoms with E-state index in [1.165, 1.54) is 11.3 Å². The number of rotatable bonds is 2. The second kappa shape index (κ2) is 4.47. The molecule has 0 amide bonds. The molecular weight excluding hydrogens is 244 g/mol. The Morgan fingerprint density at radius 1 is 1.06 bits per heavy atom. The number of fused-ring (bicyclic) bond motifs is 1. The van der Waals surface area contributed by atoms with Crippen LogP contribution in [0.1, 0.15) is 5.56 Å². The molecule has 0 aliphatic heterocycles. The number of aromatic nitrogens is 1. The summed E-state index contributed by atoms with van der Waals surface area (Å²) < 4.78 is 6.76. The molecule has 0 atom stereocenters. The molecule has 0 aliphatic rings. The first-order valence-electron chi connectivity index (χ1n) is 5.39. The number of nitriles is 1. The molecule has 1 aromatic heterocycles. The van der Waals surface area contributed by atoms with Crippen LogP contribution >= 0.6 is 11.3 Å². The summed E-state index contributed by atoms with van der Waals surface area (Å²) in [6.07, 6.45) is 0. The zero-order chi connectivity index (χ0) is 12.4. The lowest BCUT2D eigenvalue weighted by molar-refractivity contribution is 0.480. The fraction of sp³-hybridized carbons (Fsp3) is 0. The number of hydrogen-bond acceptors (Lipinski definition) is 4. The Hall–Kier alpha value is -2.38. The lowest BCUT2D eigenvalue weighted by Gasteiger charge is -2.00. The van der Waals surface area contributed by atoms with E-state index in [-0.39, 0.29) is 0 Å². The van der Waals surface area contributed by atoms with Crippen LogP contribution in [0.25, 0.3) is 10.2 Å². The lowest BCUT2D eigenvalue weighted by atomic mass is 10.2. The lowest BCUT2D eigenvalue weighted by Crippen LogP contribution is -1.82. The largest absolute Gasteiger partial charge is 0.431 e. The summed E-state index contributed by atoms with van der Waals surface area (Å²) in [5.41, 5.74) is 1.55. The third-order valence-corrected chi connectivity index (χ3v) is 3.38. The van der Waals surface area contributed by atoms with Gasteiger partial charge in [-0.05, 0) is 36.4 Å². The van der Waals surface area contributed by atoms with Gasteiger partial charge < -0.3 is 4.74 Å². The maximum atomic E-state index is 8.71. The molecule has 0 radical (unpaired) electrons. The first-order chi connectivity index (χ1) is 8.85. The van der Waals surface area contributed by atoms with E-state index in [4.69, 9.17) is 10.00 Å². The van der Waals surface area contributed by atoms with Crippen LogP contribution in [0.2, 0.25) is 0 Å². The van der Waals surface area contributed by atoms with Crippen molar-refractivity contribution in [2.45, 2.75) is 0 Å². The van der Waals surface area contributed by atoms with Crippen molar-refractivity contribution in [2.24, 2.45) is 0 Å². The van der Waals surface area contributed by atoms with Gasteiger partial charge in [0.15, 0.2) is 0 Å². The molecule has 0 unspecified atom stereocenters. The molecule has 0 bridgehead atoms. The summed E-state index contributed by atoms with van der Waals surface area (Å²) in [7, 11) is 0. The van der Waals surface area contributed by atoms with E-state index < -0.39 is 0 Å². The van der Waals surface area contributed by atoms with Gasteiger partial charge in [-0.1, -0.05) is 23.5 Å². The molecule has 4 heteroatoms. The zero-order valence-electron chi connectivity index (χ0n) is 9.33. The molecule has 0 saturated heterocycles. The smallest absolute Gasteiger partial charge is 0.279 e. The van der Waals surface area contributed by atoms with Crippen molar-refractivity contribution in [1.82, 2.24) is 4.98 Å². The van der Waals surface area contributed by atoms with E-state index in [1.807, 2.05) is 24.3 Å². The van der Waals surface area contributed by atoms with Gasteiger partial charge in [0.05, 0.1) is 21.8 Å². The molecule has 3 nitrogen and oxygen atoms in total. The van der Waals surface area contributed by atoms with Crippen LogP contribution in [-0.4, -0.2) is 4.98 Å². The summed E-state index contributed by atoms with van der Waals surface area (Å²) in [4.78, 5) is 4.38. The van der Waals surface area contributed by atoms with E-state index in [2.05, 4.69) is 11.1 Å². The molecule has 1 heterocycles. The number of hydrogen-bond donors (Lipinski definition) is 0. The standard InChI is InChI=1S/C14H8N2OS/c15-9-10-5-7-11(8-6-10)17-14-16-12-3-1-2-4-13(12)18-14/h1-8H. The molecule has 0 spiro atoms. The molecular formula is C14H8N2OS. The number of thiazole rings is 1. The number of ether oxygens (including phenoxy) is 1. The molecule has 0 N–H and O–H groups in total. The van der Waals surface area contributed by atoms with Crippen molar-refractivity contribution in [3.8, 4) is 17.0 Å². The maximum Gasteiger partial charge on any atom is 0.279 e. The molecule has 2 aromatic carbocycles. The quantitative estimate of drug-likeness (QED) is 0.693. The van der Waals surface area contributed by atoms with Crippen molar-refractivity contribution in [3.63, 3.8) is 0 Å². The molecule has 3 aromatic rings. The predicted molar refractivity (Wildman–Crippen MR) is 70.9 cm³/mol. The summed E-state index contributed by atoms with van der Waals surface area (Å²) >= 11 is 1.50. The minimum absolute atomic E-state index is 0.612. The minimum atomic E-state index is 0.612. The van der Waals surface area contributed by atoms with Crippen LogP contribution in [-0.2, 0) is 0 Å². The first kappa shape index (κ1) is 10.8. The molecule has 3 rings (SSSR count). The fourth-order valence-corrected chi connectivity index (χ4v) is 2.43. The second-order valence-corrected chi connectivity index (χ2v) is 4.68. The van der Waals surface area contributed by atoms with E-state index in [0.717, 1.165) is 10.2 Å². The Bertz CT molecular complexity index is 692. The van der Waals surface area contributed by atoms with Crippen molar-refractivity contribution in [2.75, 3.05) is 0 Å². The van der Waals surface area contributed by atoms with Crippen molar-refractivity contribution < 1.29 is 4.74 Å². The highest BCUT2D eigenvalue weighted by Crippen LogP contribution is 2.30. The predicted octanol–water partition coefficient (Wildman–Crippen LogP) is 3.96. The third kappa shape index (κ3) is 2.04. The Kier molecular flexibility index (Phi) is 2.67. The van der Waals surface area contributed by atoms with Gasteiger partial charge in [-0.2, -0.15) is 5.26 Å². The van der Waals surface area contributed by atoms with Gasteiger partial charge in [0, 0.05) is 0 Å². The van der Waals surface area contributed by atoms with Gasteiger partial charge >= 0.3 is 0 Å². The zero-order valence-corrected chi connectivity index (χ0v) is 10.1. The highest BCUT2D eigenvalue weighted by molar-refractivity contribution is 7.20. The Labute approximate surface area is 108 Å². The summed E-state index contributed by atoms with van der Waals surface area (Å²) in [6, 6.07) is 17.0. The molecule has 0 saturated carbocycles. The van der Waals surface area contributed by atoms with E-state index in [0.29, 0.717) is 16.5 Å². The van der Waals surface area contributed by atoms with E-state index in [1.54, 1.807) is 24.3 Å². The fourth-order valence-electron chi connectivity index (χ4n) is 1.59. The Balaban J connectivity index is 1.89.